The average molecular weight is 342 g/mol. The van der Waals surface area contributed by atoms with Gasteiger partial charge in [-0.2, -0.15) is 0 Å². The normalized spacial score (nSPS) is 19.3. The highest BCUT2D eigenvalue weighted by Crippen LogP contribution is 2.41. The van der Waals surface area contributed by atoms with Crippen molar-refractivity contribution in [2.24, 2.45) is 0 Å². The van der Waals surface area contributed by atoms with Crippen LogP contribution in [-0.2, 0) is 9.31 Å². The van der Waals surface area contributed by atoms with E-state index in [4.69, 9.17) is 9.31 Å². The summed E-state index contributed by atoms with van der Waals surface area (Å²) in [7, 11) is -0.597. The van der Waals surface area contributed by atoms with Crippen molar-refractivity contribution in [2.75, 3.05) is 0 Å². The molecule has 1 heterocycles. The molecule has 0 aromatic heterocycles. The lowest BCUT2D eigenvalue weighted by Crippen LogP contribution is -2.41. The van der Waals surface area contributed by atoms with Gasteiger partial charge in [0.15, 0.2) is 0 Å². The zero-order chi connectivity index (χ0) is 18.2. The zero-order valence-electron chi connectivity index (χ0n) is 14.8. The Bertz CT molecular complexity index is 764. The van der Waals surface area contributed by atoms with Gasteiger partial charge in [0, 0.05) is 0 Å². The molecule has 2 aromatic rings. The van der Waals surface area contributed by atoms with Gasteiger partial charge in [0.25, 0.3) is 0 Å². The van der Waals surface area contributed by atoms with Gasteiger partial charge in [-0.05, 0) is 68.6 Å². The molecule has 1 aliphatic heterocycles. The smallest absolute Gasteiger partial charge is 0.399 e. The van der Waals surface area contributed by atoms with Gasteiger partial charge < -0.3 is 9.31 Å². The van der Waals surface area contributed by atoms with Gasteiger partial charge in [0.05, 0.1) is 11.2 Å². The van der Waals surface area contributed by atoms with Crippen LogP contribution in [0.5, 0.6) is 0 Å². The van der Waals surface area contributed by atoms with Crippen molar-refractivity contribution in [3.05, 3.63) is 71.3 Å². The summed E-state index contributed by atoms with van der Waals surface area (Å²) < 4.78 is 38.8. The fourth-order valence-corrected chi connectivity index (χ4v) is 2.64. The molecule has 25 heavy (non-hydrogen) atoms. The van der Waals surface area contributed by atoms with E-state index < -0.39 is 18.3 Å². The zero-order valence-corrected chi connectivity index (χ0v) is 14.8. The fraction of sp³-hybridized carbons (Fsp3) is 0.300. The van der Waals surface area contributed by atoms with Crippen LogP contribution < -0.4 is 0 Å². The molecule has 0 atom stereocenters. The maximum absolute atomic E-state index is 13.3. The van der Waals surface area contributed by atoms with Crippen LogP contribution in [0.15, 0.2) is 48.5 Å². The highest BCUT2D eigenvalue weighted by molar-refractivity contribution is 6.70. The van der Waals surface area contributed by atoms with E-state index in [9.17, 15) is 8.78 Å². The average Bonchev–Trinajstić information content (AvgIpc) is 2.76. The van der Waals surface area contributed by atoms with Crippen LogP contribution in [0, 0.1) is 11.6 Å². The number of hydrogen-bond acceptors (Lipinski definition) is 2. The van der Waals surface area contributed by atoms with Gasteiger partial charge in [0.1, 0.15) is 11.6 Å². The minimum absolute atomic E-state index is 0.295. The third kappa shape index (κ3) is 3.67. The Morgan fingerprint density at radius 3 is 1.72 bits per heavy atom. The van der Waals surface area contributed by atoms with Crippen molar-refractivity contribution >= 4 is 18.7 Å². The molecule has 2 aromatic carbocycles. The summed E-state index contributed by atoms with van der Waals surface area (Å²) in [6.45, 7) is 7.92. The summed E-state index contributed by atoms with van der Waals surface area (Å²) in [5.41, 5.74) is 1.41. The van der Waals surface area contributed by atoms with Crippen LogP contribution in [0.4, 0.5) is 8.78 Å². The second-order valence-corrected chi connectivity index (χ2v) is 7.25. The van der Waals surface area contributed by atoms with Crippen molar-refractivity contribution in [3.63, 3.8) is 0 Å². The Hall–Kier alpha value is -1.98. The second-order valence-electron chi connectivity index (χ2n) is 7.25. The standard InChI is InChI=1S/C20H21BF2O2/c1-19(2)20(3,4)25-21(24-19)18(15-7-11-17(23)12-8-15)13-14-5-9-16(22)10-6-14/h5-13H,1-4H3/b18-13+. The molecule has 1 aliphatic rings. The first-order valence-corrected chi connectivity index (χ1v) is 8.27. The number of hydrogen-bond donors (Lipinski definition) is 0. The lowest BCUT2D eigenvalue weighted by Gasteiger charge is -2.32. The largest absolute Gasteiger partial charge is 0.495 e. The van der Waals surface area contributed by atoms with Crippen LogP contribution in [0.3, 0.4) is 0 Å². The predicted molar refractivity (Wildman–Crippen MR) is 96.8 cm³/mol. The molecule has 3 rings (SSSR count). The molecule has 1 saturated heterocycles. The first kappa shape index (κ1) is 17.8. The van der Waals surface area contributed by atoms with E-state index >= 15 is 0 Å². The monoisotopic (exact) mass is 342 g/mol. The summed E-state index contributed by atoms with van der Waals surface area (Å²) in [6.07, 6.45) is 1.88. The highest BCUT2D eigenvalue weighted by Gasteiger charge is 2.52. The van der Waals surface area contributed by atoms with Crippen LogP contribution in [-0.4, -0.2) is 18.3 Å². The van der Waals surface area contributed by atoms with E-state index in [1.54, 1.807) is 24.3 Å². The fourth-order valence-electron chi connectivity index (χ4n) is 2.64. The SMILES string of the molecule is CC1(C)OB(/C(=C/c2ccc(F)cc2)c2ccc(F)cc2)OC1(C)C. The minimum atomic E-state index is -0.597. The van der Waals surface area contributed by atoms with Crippen molar-refractivity contribution in [3.8, 4) is 0 Å². The Kier molecular flexibility index (Phi) is 4.56. The van der Waals surface area contributed by atoms with Crippen LogP contribution in [0.25, 0.3) is 11.5 Å². The molecule has 0 N–H and O–H groups in total. The molecule has 0 spiro atoms. The first-order valence-electron chi connectivity index (χ1n) is 8.27. The van der Waals surface area contributed by atoms with Gasteiger partial charge in [0.2, 0.25) is 0 Å². The topological polar surface area (TPSA) is 18.5 Å². The highest BCUT2D eigenvalue weighted by atomic mass is 19.1. The van der Waals surface area contributed by atoms with Crippen LogP contribution >= 0.6 is 0 Å². The third-order valence-corrected chi connectivity index (χ3v) is 4.88. The summed E-state index contributed by atoms with van der Waals surface area (Å²) in [4.78, 5) is 0. The Morgan fingerprint density at radius 1 is 0.800 bits per heavy atom. The molecular weight excluding hydrogens is 321 g/mol. The Labute approximate surface area is 147 Å². The molecule has 130 valence electrons. The third-order valence-electron chi connectivity index (χ3n) is 4.88. The number of benzene rings is 2. The molecule has 0 aliphatic carbocycles. The number of rotatable bonds is 3. The van der Waals surface area contributed by atoms with Gasteiger partial charge >= 0.3 is 7.12 Å². The maximum Gasteiger partial charge on any atom is 0.495 e. The van der Waals surface area contributed by atoms with Crippen molar-refractivity contribution in [2.45, 2.75) is 38.9 Å². The van der Waals surface area contributed by atoms with E-state index in [0.29, 0.717) is 0 Å². The van der Waals surface area contributed by atoms with Crippen molar-refractivity contribution in [1.29, 1.82) is 0 Å². The molecule has 0 bridgehead atoms. The van der Waals surface area contributed by atoms with Gasteiger partial charge in [-0.25, -0.2) is 8.78 Å². The molecule has 0 amide bonds. The van der Waals surface area contributed by atoms with E-state index in [1.807, 2.05) is 33.8 Å². The summed E-state index contributed by atoms with van der Waals surface area (Å²) in [5.74, 6) is -0.602. The molecule has 0 radical (unpaired) electrons. The molecular formula is C20H21BF2O2. The lowest BCUT2D eigenvalue weighted by molar-refractivity contribution is 0.00578. The second kappa shape index (κ2) is 6.39. The van der Waals surface area contributed by atoms with Gasteiger partial charge in [-0.15, -0.1) is 0 Å². The summed E-state index contributed by atoms with van der Waals surface area (Å²) >= 11 is 0. The maximum atomic E-state index is 13.3. The van der Waals surface area contributed by atoms with Crippen molar-refractivity contribution < 1.29 is 18.1 Å². The number of halogens is 2. The van der Waals surface area contributed by atoms with E-state index in [0.717, 1.165) is 16.6 Å². The Morgan fingerprint density at radius 2 is 1.24 bits per heavy atom. The van der Waals surface area contributed by atoms with Crippen molar-refractivity contribution in [1.82, 2.24) is 0 Å². The quantitative estimate of drug-likeness (QED) is 0.568. The van der Waals surface area contributed by atoms with Gasteiger partial charge in [-0.1, -0.05) is 30.3 Å². The lowest BCUT2D eigenvalue weighted by atomic mass is 9.73. The Balaban J connectivity index is 2.04. The molecule has 1 fully saturated rings. The van der Waals surface area contributed by atoms with E-state index in [1.165, 1.54) is 24.3 Å². The van der Waals surface area contributed by atoms with E-state index in [-0.39, 0.29) is 11.6 Å². The minimum Gasteiger partial charge on any atom is -0.399 e. The van der Waals surface area contributed by atoms with E-state index in [2.05, 4.69) is 0 Å². The van der Waals surface area contributed by atoms with Gasteiger partial charge in [-0.3, -0.25) is 0 Å². The predicted octanol–water partition coefficient (Wildman–Crippen LogP) is 5.14. The summed E-state index contributed by atoms with van der Waals surface area (Å²) in [5, 5.41) is 0. The summed E-state index contributed by atoms with van der Waals surface area (Å²) in [6, 6.07) is 12.4. The molecule has 0 unspecified atom stereocenters. The molecule has 5 heteroatoms. The first-order chi connectivity index (χ1) is 11.7. The molecule has 2 nitrogen and oxygen atoms in total. The van der Waals surface area contributed by atoms with Crippen LogP contribution in [0.1, 0.15) is 38.8 Å². The van der Waals surface area contributed by atoms with Crippen LogP contribution in [0.2, 0.25) is 0 Å². The molecule has 0 saturated carbocycles.